The number of rotatable bonds is 4. The quantitative estimate of drug-likeness (QED) is 0.641. The average molecular weight is 245 g/mol. The molecule has 0 aliphatic rings. The lowest BCUT2D eigenvalue weighted by Crippen LogP contribution is -2.16. The van der Waals surface area contributed by atoms with Crippen LogP contribution in [0, 0.1) is 0 Å². The van der Waals surface area contributed by atoms with E-state index in [9.17, 15) is 0 Å². The molecule has 0 fully saturated rings. The predicted molar refractivity (Wildman–Crippen MR) is 66.9 cm³/mol. The highest BCUT2D eigenvalue weighted by Gasteiger charge is 2.06. The fourth-order valence-corrected chi connectivity index (χ4v) is 1.72. The molecule has 0 aliphatic heterocycles. The summed E-state index contributed by atoms with van der Waals surface area (Å²) in [7, 11) is 0. The van der Waals surface area contributed by atoms with Crippen LogP contribution in [0.25, 0.3) is 0 Å². The van der Waals surface area contributed by atoms with Gasteiger partial charge in [-0.1, -0.05) is 36.2 Å². The topological polar surface area (TPSA) is 38.4 Å². The molecule has 0 saturated heterocycles. The molecule has 2 N–H and O–H groups in total. The highest BCUT2D eigenvalue weighted by Crippen LogP contribution is 2.24. The Balaban J connectivity index is 2.80. The third kappa shape index (κ3) is 3.73. The van der Waals surface area contributed by atoms with Crippen LogP contribution in [0.4, 0.5) is 0 Å². The summed E-state index contributed by atoms with van der Waals surface area (Å²) in [6.45, 7) is 2.80. The number of nitrogens with two attached hydrogens (primary N) is 1. The van der Waals surface area contributed by atoms with Gasteiger partial charge in [-0.15, -0.1) is 0 Å². The molecule has 1 aromatic rings. The maximum absolute atomic E-state index is 6.01. The summed E-state index contributed by atoms with van der Waals surface area (Å²) in [5.41, 5.74) is 6.61. The van der Waals surface area contributed by atoms with Crippen molar-refractivity contribution in [1.82, 2.24) is 0 Å². The number of hydrogen-bond acceptors (Lipinski definition) is 1. The van der Waals surface area contributed by atoms with E-state index in [-0.39, 0.29) is 0 Å². The first-order chi connectivity index (χ1) is 7.15. The second-order valence-electron chi connectivity index (χ2n) is 3.25. The Labute approximate surface area is 100 Å². The fraction of sp³-hybridized carbons (Fsp3) is 0.364. The van der Waals surface area contributed by atoms with Gasteiger partial charge in [-0.3, -0.25) is 4.99 Å². The summed E-state index contributed by atoms with van der Waals surface area (Å²) in [5, 5.41) is 1.27. The molecule has 0 unspecified atom stereocenters. The summed E-state index contributed by atoms with van der Waals surface area (Å²) in [6.07, 6.45) is 1.50. The molecular weight excluding hydrogens is 231 g/mol. The maximum atomic E-state index is 6.01. The molecule has 1 aromatic carbocycles. The minimum Gasteiger partial charge on any atom is -0.387 e. The van der Waals surface area contributed by atoms with Gasteiger partial charge in [0.25, 0.3) is 0 Å². The molecular formula is C11H14Cl2N2. The number of halogens is 2. The standard InChI is InChI=1S/C11H14Cl2N2/c1-2-6-15-11(14)7-8-9(12)4-3-5-10(8)13/h3-5H,2,6-7H2,1H3,(H2,14,15). The third-order valence-electron chi connectivity index (χ3n) is 1.96. The lowest BCUT2D eigenvalue weighted by Gasteiger charge is -2.06. The van der Waals surface area contributed by atoms with Crippen LogP contribution in [-0.2, 0) is 6.42 Å². The van der Waals surface area contributed by atoms with E-state index in [1.165, 1.54) is 0 Å². The molecule has 0 radical (unpaired) electrons. The van der Waals surface area contributed by atoms with E-state index in [4.69, 9.17) is 28.9 Å². The van der Waals surface area contributed by atoms with Crippen molar-refractivity contribution in [2.45, 2.75) is 19.8 Å². The maximum Gasteiger partial charge on any atom is 0.0982 e. The molecule has 0 aliphatic carbocycles. The van der Waals surface area contributed by atoms with Crippen LogP contribution in [0.5, 0.6) is 0 Å². The normalized spacial score (nSPS) is 11.8. The highest BCUT2D eigenvalue weighted by atomic mass is 35.5. The van der Waals surface area contributed by atoms with Gasteiger partial charge in [0.2, 0.25) is 0 Å². The zero-order valence-electron chi connectivity index (χ0n) is 8.63. The van der Waals surface area contributed by atoms with Crippen molar-refractivity contribution >= 4 is 29.0 Å². The number of benzene rings is 1. The van der Waals surface area contributed by atoms with Crippen molar-refractivity contribution in [3.63, 3.8) is 0 Å². The lowest BCUT2D eigenvalue weighted by atomic mass is 10.1. The van der Waals surface area contributed by atoms with Crippen molar-refractivity contribution in [1.29, 1.82) is 0 Å². The average Bonchev–Trinajstić information content (AvgIpc) is 2.21. The zero-order valence-corrected chi connectivity index (χ0v) is 10.1. The van der Waals surface area contributed by atoms with Gasteiger partial charge in [-0.25, -0.2) is 0 Å². The van der Waals surface area contributed by atoms with Gasteiger partial charge < -0.3 is 5.73 Å². The van der Waals surface area contributed by atoms with Crippen molar-refractivity contribution in [2.75, 3.05) is 6.54 Å². The summed E-state index contributed by atoms with van der Waals surface area (Å²) in [6, 6.07) is 5.42. The number of amidine groups is 1. The van der Waals surface area contributed by atoms with E-state index < -0.39 is 0 Å². The predicted octanol–water partition coefficient (Wildman–Crippen LogP) is 3.30. The molecule has 0 spiro atoms. The summed E-state index contributed by atoms with van der Waals surface area (Å²) in [5.74, 6) is 0.576. The largest absolute Gasteiger partial charge is 0.387 e. The van der Waals surface area contributed by atoms with Crippen molar-refractivity contribution < 1.29 is 0 Å². The Hall–Kier alpha value is -0.730. The van der Waals surface area contributed by atoms with E-state index in [0.29, 0.717) is 22.3 Å². The minimum absolute atomic E-state index is 0.512. The number of hydrogen-bond donors (Lipinski definition) is 1. The molecule has 15 heavy (non-hydrogen) atoms. The van der Waals surface area contributed by atoms with Crippen molar-refractivity contribution in [3.05, 3.63) is 33.8 Å². The second-order valence-corrected chi connectivity index (χ2v) is 4.06. The van der Waals surface area contributed by atoms with Crippen LogP contribution in [0.15, 0.2) is 23.2 Å². The summed E-state index contributed by atoms with van der Waals surface area (Å²) in [4.78, 5) is 4.20. The number of aliphatic imine (C=N–C) groups is 1. The van der Waals surface area contributed by atoms with E-state index in [0.717, 1.165) is 18.5 Å². The van der Waals surface area contributed by atoms with Crippen molar-refractivity contribution in [2.24, 2.45) is 10.7 Å². The van der Waals surface area contributed by atoms with Gasteiger partial charge in [-0.05, 0) is 24.1 Å². The molecule has 0 saturated carbocycles. The Bertz CT molecular complexity index is 341. The summed E-state index contributed by atoms with van der Waals surface area (Å²) < 4.78 is 0. The molecule has 0 heterocycles. The van der Waals surface area contributed by atoms with Gasteiger partial charge in [0, 0.05) is 23.0 Å². The zero-order chi connectivity index (χ0) is 11.3. The van der Waals surface area contributed by atoms with E-state index in [2.05, 4.69) is 11.9 Å². The molecule has 0 amide bonds. The van der Waals surface area contributed by atoms with Gasteiger partial charge in [0.15, 0.2) is 0 Å². The molecule has 4 heteroatoms. The first-order valence-corrected chi connectivity index (χ1v) is 5.62. The van der Waals surface area contributed by atoms with E-state index in [1.807, 2.05) is 6.07 Å². The van der Waals surface area contributed by atoms with E-state index in [1.54, 1.807) is 12.1 Å². The Morgan fingerprint density at radius 2 is 1.93 bits per heavy atom. The Kier molecular flexibility index (Phi) is 4.92. The van der Waals surface area contributed by atoms with Crippen LogP contribution in [0.1, 0.15) is 18.9 Å². The first kappa shape index (κ1) is 12.3. The molecule has 2 nitrogen and oxygen atoms in total. The fourth-order valence-electron chi connectivity index (χ4n) is 1.19. The molecule has 0 bridgehead atoms. The number of nitrogens with zero attached hydrogens (tertiary/aromatic N) is 1. The Morgan fingerprint density at radius 1 is 1.33 bits per heavy atom. The van der Waals surface area contributed by atoms with Crippen molar-refractivity contribution in [3.8, 4) is 0 Å². The SMILES string of the molecule is CCCN=C(N)Cc1c(Cl)cccc1Cl. The first-order valence-electron chi connectivity index (χ1n) is 4.86. The Morgan fingerprint density at radius 3 is 2.47 bits per heavy atom. The minimum atomic E-state index is 0.512. The van der Waals surface area contributed by atoms with Gasteiger partial charge >= 0.3 is 0 Å². The van der Waals surface area contributed by atoms with Gasteiger partial charge in [0.1, 0.15) is 0 Å². The van der Waals surface area contributed by atoms with E-state index >= 15 is 0 Å². The summed E-state index contributed by atoms with van der Waals surface area (Å²) >= 11 is 12.0. The van der Waals surface area contributed by atoms with Crippen LogP contribution in [-0.4, -0.2) is 12.4 Å². The van der Waals surface area contributed by atoms with Gasteiger partial charge in [0.05, 0.1) is 5.84 Å². The highest BCUT2D eigenvalue weighted by molar-refractivity contribution is 6.36. The molecule has 1 rings (SSSR count). The second kappa shape index (κ2) is 5.99. The van der Waals surface area contributed by atoms with Crippen LogP contribution in [0.2, 0.25) is 10.0 Å². The monoisotopic (exact) mass is 244 g/mol. The third-order valence-corrected chi connectivity index (χ3v) is 2.67. The van der Waals surface area contributed by atoms with Crippen LogP contribution in [0.3, 0.4) is 0 Å². The van der Waals surface area contributed by atoms with Crippen LogP contribution >= 0.6 is 23.2 Å². The van der Waals surface area contributed by atoms with Crippen LogP contribution < -0.4 is 5.73 Å². The smallest absolute Gasteiger partial charge is 0.0982 e. The molecule has 0 aromatic heterocycles. The molecule has 0 atom stereocenters. The molecule has 82 valence electrons. The lowest BCUT2D eigenvalue weighted by molar-refractivity contribution is 0.924. The van der Waals surface area contributed by atoms with Gasteiger partial charge in [-0.2, -0.15) is 0 Å².